The number of nitrogens with two attached hydrogens (primary N) is 3. The molecule has 0 aliphatic carbocycles. The molecule has 3 aromatic carbocycles. The second kappa shape index (κ2) is 16.7. The molecule has 0 radical (unpaired) electrons. The first-order chi connectivity index (χ1) is 15.8. The molecule has 7 N–H and O–H groups in total. The van der Waals surface area contributed by atoms with Crippen LogP contribution >= 0.6 is 0 Å². The van der Waals surface area contributed by atoms with E-state index >= 15 is 0 Å². The number of aliphatic hydroxyl groups excluding tert-OH is 1. The fourth-order valence-corrected chi connectivity index (χ4v) is 2.62. The van der Waals surface area contributed by atoms with Gasteiger partial charge in [-0.15, -0.1) is 0 Å². The lowest BCUT2D eigenvalue weighted by Gasteiger charge is -2.06. The molecule has 0 amide bonds. The van der Waals surface area contributed by atoms with Crippen molar-refractivity contribution in [3.63, 3.8) is 0 Å². The molecule has 4 nitrogen and oxygen atoms in total. The highest BCUT2D eigenvalue weighted by Crippen LogP contribution is 2.19. The van der Waals surface area contributed by atoms with Crippen LogP contribution in [0.2, 0.25) is 0 Å². The third-order valence-electron chi connectivity index (χ3n) is 4.14. The zero-order valence-corrected chi connectivity index (χ0v) is 20.4. The average molecular weight is 446 g/mol. The summed E-state index contributed by atoms with van der Waals surface area (Å²) < 4.78 is 0. The van der Waals surface area contributed by atoms with Gasteiger partial charge in [0.05, 0.1) is 0 Å². The molecular weight excluding hydrogens is 406 g/mol. The van der Waals surface area contributed by atoms with Crippen molar-refractivity contribution in [3.8, 4) is 0 Å². The number of anilines is 1. The van der Waals surface area contributed by atoms with Crippen LogP contribution in [0.3, 0.4) is 0 Å². The second-order valence-corrected chi connectivity index (χ2v) is 6.83. The van der Waals surface area contributed by atoms with Gasteiger partial charge in [-0.25, -0.2) is 0 Å². The third kappa shape index (κ3) is 11.3. The lowest BCUT2D eigenvalue weighted by Crippen LogP contribution is -1.98. The lowest BCUT2D eigenvalue weighted by molar-refractivity contribution is 0.513. The zero-order chi connectivity index (χ0) is 25.2. The summed E-state index contributed by atoms with van der Waals surface area (Å²) in [4.78, 5) is 0. The van der Waals surface area contributed by atoms with Crippen molar-refractivity contribution in [2.45, 2.75) is 34.1 Å². The van der Waals surface area contributed by atoms with E-state index in [0.29, 0.717) is 11.3 Å². The van der Waals surface area contributed by atoms with E-state index in [1.807, 2.05) is 75.4 Å². The maximum absolute atomic E-state index is 9.16. The van der Waals surface area contributed by atoms with Gasteiger partial charge in [-0.3, -0.25) is 0 Å². The van der Waals surface area contributed by atoms with Gasteiger partial charge in [0.2, 0.25) is 0 Å². The average Bonchev–Trinajstić information content (AvgIpc) is 2.81. The number of fused-ring (bicyclic) bond motifs is 1. The van der Waals surface area contributed by atoms with Crippen LogP contribution in [0.15, 0.2) is 104 Å². The molecule has 0 saturated heterocycles. The Balaban J connectivity index is 0.000000457. The van der Waals surface area contributed by atoms with Crippen LogP contribution in [0.25, 0.3) is 22.2 Å². The number of rotatable bonds is 4. The van der Waals surface area contributed by atoms with E-state index in [1.54, 1.807) is 12.1 Å². The van der Waals surface area contributed by atoms with Gasteiger partial charge in [-0.2, -0.15) is 0 Å². The first-order valence-corrected chi connectivity index (χ1v) is 11.0. The molecule has 0 bridgehead atoms. The monoisotopic (exact) mass is 445 g/mol. The van der Waals surface area contributed by atoms with Crippen LogP contribution in [-0.2, 0) is 0 Å². The number of nitrogen functional groups attached to an aromatic ring is 1. The predicted molar refractivity (Wildman–Crippen MR) is 148 cm³/mol. The Morgan fingerprint density at radius 1 is 0.879 bits per heavy atom. The predicted octanol–water partition coefficient (Wildman–Crippen LogP) is 7.41. The van der Waals surface area contributed by atoms with Crippen molar-refractivity contribution < 1.29 is 5.11 Å². The van der Waals surface area contributed by atoms with Crippen molar-refractivity contribution in [1.82, 2.24) is 0 Å². The summed E-state index contributed by atoms with van der Waals surface area (Å²) >= 11 is 0. The maximum atomic E-state index is 9.16. The Bertz CT molecular complexity index is 1020. The standard InChI is InChI=1S/C10H11NO.C10H9N.C7H13N.C2H6/c1-7(11)9-5-3-4-6-10(9)8(2)12;11-10-7-3-5-8-4-1-2-6-9(8)10;1-3-4-5-6-7(2)8;1-2/h3-6,12H,1-2,11H2;1-7H,11H2;4-6H,3,8H2,1-2H3;1-2H3/b;;5-4-,7-6-;. The van der Waals surface area contributed by atoms with Crippen LogP contribution in [0.5, 0.6) is 0 Å². The van der Waals surface area contributed by atoms with E-state index in [1.165, 1.54) is 5.39 Å². The van der Waals surface area contributed by atoms with Gasteiger partial charge in [-0.05, 0) is 30.9 Å². The Kier molecular flexibility index (Phi) is 14.7. The van der Waals surface area contributed by atoms with Crippen molar-refractivity contribution in [1.29, 1.82) is 0 Å². The van der Waals surface area contributed by atoms with Crippen molar-refractivity contribution in [2.24, 2.45) is 11.5 Å². The summed E-state index contributed by atoms with van der Waals surface area (Å²) in [5, 5.41) is 11.5. The van der Waals surface area contributed by atoms with Gasteiger partial charge in [0.1, 0.15) is 5.76 Å². The highest BCUT2D eigenvalue weighted by molar-refractivity contribution is 5.92. The Morgan fingerprint density at radius 2 is 1.42 bits per heavy atom. The molecule has 3 rings (SSSR count). The molecule has 4 heteroatoms. The minimum atomic E-state index is 0.0113. The Hall–Kier alpha value is -3.92. The first-order valence-electron chi connectivity index (χ1n) is 11.0. The van der Waals surface area contributed by atoms with Gasteiger partial charge in [0.15, 0.2) is 0 Å². The molecule has 0 saturated carbocycles. The minimum absolute atomic E-state index is 0.0113. The molecule has 0 atom stereocenters. The highest BCUT2D eigenvalue weighted by atomic mass is 16.3. The maximum Gasteiger partial charge on any atom is 0.116 e. The van der Waals surface area contributed by atoms with Crippen LogP contribution in [0.1, 0.15) is 45.2 Å². The smallest absolute Gasteiger partial charge is 0.116 e. The van der Waals surface area contributed by atoms with Crippen LogP contribution in [0.4, 0.5) is 5.69 Å². The summed E-state index contributed by atoms with van der Waals surface area (Å²) in [7, 11) is 0. The molecule has 0 heterocycles. The van der Waals surface area contributed by atoms with E-state index in [0.717, 1.165) is 28.8 Å². The van der Waals surface area contributed by atoms with Gasteiger partial charge in [0.25, 0.3) is 0 Å². The molecule has 0 unspecified atom stereocenters. The summed E-state index contributed by atoms with van der Waals surface area (Å²) in [6, 6.07) is 21.2. The molecule has 0 fully saturated rings. The third-order valence-corrected chi connectivity index (χ3v) is 4.14. The Labute approximate surface area is 199 Å². The minimum Gasteiger partial charge on any atom is -0.508 e. The lowest BCUT2D eigenvalue weighted by atomic mass is 10.0. The van der Waals surface area contributed by atoms with Crippen molar-refractivity contribution in [2.75, 3.05) is 5.73 Å². The van der Waals surface area contributed by atoms with E-state index in [4.69, 9.17) is 22.3 Å². The molecule has 0 aliphatic heterocycles. The van der Waals surface area contributed by atoms with E-state index in [-0.39, 0.29) is 5.76 Å². The second-order valence-electron chi connectivity index (χ2n) is 6.83. The van der Waals surface area contributed by atoms with E-state index in [2.05, 4.69) is 38.3 Å². The fourth-order valence-electron chi connectivity index (χ4n) is 2.62. The summed E-state index contributed by atoms with van der Waals surface area (Å²) in [6.45, 7) is 15.0. The van der Waals surface area contributed by atoms with Crippen LogP contribution in [-0.4, -0.2) is 5.11 Å². The molecule has 0 aliphatic rings. The highest BCUT2D eigenvalue weighted by Gasteiger charge is 2.03. The zero-order valence-electron chi connectivity index (χ0n) is 20.4. The summed E-state index contributed by atoms with van der Waals surface area (Å²) in [5.41, 5.74) is 20.1. The van der Waals surface area contributed by atoms with Gasteiger partial charge >= 0.3 is 0 Å². The normalized spacial score (nSPS) is 10.1. The molecular formula is C29H39N3O. The van der Waals surface area contributed by atoms with Gasteiger partial charge in [-0.1, -0.05) is 107 Å². The largest absolute Gasteiger partial charge is 0.508 e. The van der Waals surface area contributed by atoms with E-state index < -0.39 is 0 Å². The number of hydrogen-bond acceptors (Lipinski definition) is 4. The Morgan fingerprint density at radius 3 is 1.91 bits per heavy atom. The SMILES string of the molecule is C=C(N)c1ccccc1C(=C)O.CC.CC/C=C\C=C(\C)N.Nc1cccc2ccccc12. The molecule has 0 aromatic heterocycles. The topological polar surface area (TPSA) is 98.3 Å². The number of hydrogen-bond donors (Lipinski definition) is 4. The van der Waals surface area contributed by atoms with Gasteiger partial charge < -0.3 is 22.3 Å². The molecule has 3 aromatic rings. The number of aliphatic hydroxyl groups is 1. The quantitative estimate of drug-likeness (QED) is 0.191. The number of allylic oxidation sites excluding steroid dienone is 4. The molecule has 176 valence electrons. The van der Waals surface area contributed by atoms with E-state index in [9.17, 15) is 0 Å². The van der Waals surface area contributed by atoms with Crippen LogP contribution < -0.4 is 17.2 Å². The summed E-state index contributed by atoms with van der Waals surface area (Å²) in [6.07, 6.45) is 7.00. The fraction of sp³-hybridized carbons (Fsp3) is 0.172. The van der Waals surface area contributed by atoms with Crippen LogP contribution in [0, 0.1) is 0 Å². The molecule has 33 heavy (non-hydrogen) atoms. The van der Waals surface area contributed by atoms with Gasteiger partial charge in [0, 0.05) is 33.6 Å². The summed E-state index contributed by atoms with van der Waals surface area (Å²) in [5.74, 6) is 0.0113. The van der Waals surface area contributed by atoms with Crippen molar-refractivity contribution >= 4 is 27.9 Å². The number of benzene rings is 3. The van der Waals surface area contributed by atoms with Crippen molar-refractivity contribution in [3.05, 3.63) is 115 Å². The first kappa shape index (κ1) is 29.1. The molecule has 0 spiro atoms.